The van der Waals surface area contributed by atoms with E-state index in [1.54, 1.807) is 25.3 Å². The number of rotatable bonds is 9. The highest BCUT2D eigenvalue weighted by Gasteiger charge is 2.21. The first kappa shape index (κ1) is 21.4. The molecule has 2 aromatic carbocycles. The van der Waals surface area contributed by atoms with Crippen molar-refractivity contribution in [1.29, 1.82) is 0 Å². The number of halogens is 1. The lowest BCUT2D eigenvalue weighted by molar-refractivity contribution is -0.132. The number of hydrogen-bond acceptors (Lipinski definition) is 7. The van der Waals surface area contributed by atoms with Crippen LogP contribution < -0.4 is 0 Å². The molecular formula is C20H21ClN2O5. The summed E-state index contributed by atoms with van der Waals surface area (Å²) in [7, 11) is 4.18. The van der Waals surface area contributed by atoms with Crippen LogP contribution in [0.3, 0.4) is 0 Å². The number of oxime groups is 2. The van der Waals surface area contributed by atoms with Gasteiger partial charge in [-0.25, -0.2) is 4.79 Å². The van der Waals surface area contributed by atoms with Gasteiger partial charge in [-0.1, -0.05) is 64.4 Å². The number of benzene rings is 2. The van der Waals surface area contributed by atoms with Crippen LogP contribution in [-0.4, -0.2) is 45.3 Å². The third-order valence-corrected chi connectivity index (χ3v) is 4.06. The SMILES string of the molecule is COC/C(=N\OCc1c(Cl)cccc1/C(=N\OC)C(=O)OC)c1ccccc1. The number of hydrogen-bond donors (Lipinski definition) is 0. The van der Waals surface area contributed by atoms with E-state index >= 15 is 0 Å². The second kappa shape index (κ2) is 11.1. The molecule has 2 aromatic rings. The summed E-state index contributed by atoms with van der Waals surface area (Å²) < 4.78 is 9.96. The highest BCUT2D eigenvalue weighted by atomic mass is 35.5. The van der Waals surface area contributed by atoms with Crippen molar-refractivity contribution in [2.24, 2.45) is 10.3 Å². The second-order valence-corrected chi connectivity index (χ2v) is 5.90. The molecule has 0 saturated heterocycles. The lowest BCUT2D eigenvalue weighted by atomic mass is 10.0. The van der Waals surface area contributed by atoms with Crippen LogP contribution in [0.2, 0.25) is 5.02 Å². The van der Waals surface area contributed by atoms with Crippen molar-refractivity contribution in [3.63, 3.8) is 0 Å². The Labute approximate surface area is 168 Å². The van der Waals surface area contributed by atoms with Crippen molar-refractivity contribution in [3.05, 3.63) is 70.2 Å². The summed E-state index contributed by atoms with van der Waals surface area (Å²) in [6.07, 6.45) is 0. The summed E-state index contributed by atoms with van der Waals surface area (Å²) >= 11 is 6.31. The van der Waals surface area contributed by atoms with E-state index in [0.717, 1.165) is 5.56 Å². The monoisotopic (exact) mass is 404 g/mol. The van der Waals surface area contributed by atoms with Gasteiger partial charge < -0.3 is 19.1 Å². The summed E-state index contributed by atoms with van der Waals surface area (Å²) in [5.41, 5.74) is 2.44. The summed E-state index contributed by atoms with van der Waals surface area (Å²) in [4.78, 5) is 22.4. The van der Waals surface area contributed by atoms with Gasteiger partial charge in [0.1, 0.15) is 19.4 Å². The van der Waals surface area contributed by atoms with Crippen LogP contribution in [-0.2, 0) is 30.6 Å². The van der Waals surface area contributed by atoms with Gasteiger partial charge in [0, 0.05) is 28.8 Å². The van der Waals surface area contributed by atoms with Crippen LogP contribution in [0.15, 0.2) is 58.8 Å². The number of carbonyl (C=O) groups is 1. The second-order valence-electron chi connectivity index (χ2n) is 5.49. The maximum Gasteiger partial charge on any atom is 0.360 e. The first-order valence-electron chi connectivity index (χ1n) is 8.32. The first-order valence-corrected chi connectivity index (χ1v) is 8.70. The van der Waals surface area contributed by atoms with Crippen LogP contribution in [0.4, 0.5) is 0 Å². The van der Waals surface area contributed by atoms with Crippen molar-refractivity contribution >= 4 is 29.0 Å². The zero-order chi connectivity index (χ0) is 20.4. The maximum absolute atomic E-state index is 12.1. The van der Waals surface area contributed by atoms with E-state index < -0.39 is 5.97 Å². The Morgan fingerprint density at radius 3 is 2.39 bits per heavy atom. The van der Waals surface area contributed by atoms with Gasteiger partial charge in [0.2, 0.25) is 0 Å². The number of carbonyl (C=O) groups excluding carboxylic acids is 1. The molecule has 2 rings (SSSR count). The normalized spacial score (nSPS) is 11.9. The molecule has 0 unspecified atom stereocenters. The lowest BCUT2D eigenvalue weighted by Gasteiger charge is -2.12. The zero-order valence-corrected chi connectivity index (χ0v) is 16.6. The quantitative estimate of drug-likeness (QED) is 0.363. The minimum absolute atomic E-state index is 0.00871. The summed E-state index contributed by atoms with van der Waals surface area (Å²) in [6, 6.07) is 14.6. The number of ether oxygens (including phenoxy) is 2. The van der Waals surface area contributed by atoms with Crippen LogP contribution in [0, 0.1) is 0 Å². The summed E-state index contributed by atoms with van der Waals surface area (Å²) in [5, 5.41) is 8.33. The van der Waals surface area contributed by atoms with Crippen molar-refractivity contribution in [2.75, 3.05) is 27.9 Å². The molecule has 0 spiro atoms. The van der Waals surface area contributed by atoms with E-state index in [-0.39, 0.29) is 18.9 Å². The highest BCUT2D eigenvalue weighted by Crippen LogP contribution is 2.23. The molecule has 8 heteroatoms. The Kier molecular flexibility index (Phi) is 8.45. The highest BCUT2D eigenvalue weighted by molar-refractivity contribution is 6.44. The van der Waals surface area contributed by atoms with Crippen LogP contribution in [0.1, 0.15) is 16.7 Å². The van der Waals surface area contributed by atoms with Crippen LogP contribution in [0.5, 0.6) is 0 Å². The van der Waals surface area contributed by atoms with Gasteiger partial charge in [0.15, 0.2) is 5.71 Å². The van der Waals surface area contributed by atoms with Crippen molar-refractivity contribution in [3.8, 4) is 0 Å². The van der Waals surface area contributed by atoms with Crippen molar-refractivity contribution in [1.82, 2.24) is 0 Å². The Morgan fingerprint density at radius 1 is 1.00 bits per heavy atom. The van der Waals surface area contributed by atoms with Gasteiger partial charge in [0.25, 0.3) is 0 Å². The molecular weight excluding hydrogens is 384 g/mol. The van der Waals surface area contributed by atoms with Gasteiger partial charge in [-0.2, -0.15) is 0 Å². The molecule has 148 valence electrons. The molecule has 28 heavy (non-hydrogen) atoms. The average Bonchev–Trinajstić information content (AvgIpc) is 2.72. The molecule has 0 amide bonds. The first-order chi connectivity index (χ1) is 13.6. The van der Waals surface area contributed by atoms with Crippen LogP contribution >= 0.6 is 11.6 Å². The standard InChI is InChI=1S/C20H21ClN2O5/c1-25-13-18(14-8-5-4-6-9-14)22-28-12-16-15(10-7-11-17(16)21)19(23-27-3)20(24)26-2/h4-11H,12-13H2,1-3H3/b22-18+,23-19+. The van der Waals surface area contributed by atoms with E-state index in [4.69, 9.17) is 30.7 Å². The number of nitrogens with zero attached hydrogens (tertiary/aromatic N) is 2. The topological polar surface area (TPSA) is 78.7 Å². The summed E-state index contributed by atoms with van der Waals surface area (Å²) in [6.45, 7) is 0.284. The van der Waals surface area contributed by atoms with E-state index in [1.807, 2.05) is 30.3 Å². The average molecular weight is 405 g/mol. The molecule has 0 N–H and O–H groups in total. The molecule has 0 radical (unpaired) electrons. The van der Waals surface area contributed by atoms with Gasteiger partial charge >= 0.3 is 5.97 Å². The Bertz CT molecular complexity index is 853. The summed E-state index contributed by atoms with van der Waals surface area (Å²) in [5.74, 6) is -0.654. The third kappa shape index (κ3) is 5.55. The fourth-order valence-electron chi connectivity index (χ4n) is 2.42. The fourth-order valence-corrected chi connectivity index (χ4v) is 2.65. The molecule has 0 aliphatic heterocycles. The Balaban J connectivity index is 2.31. The molecule has 0 fully saturated rings. The number of methoxy groups -OCH3 is 2. The largest absolute Gasteiger partial charge is 0.464 e. The third-order valence-electron chi connectivity index (χ3n) is 3.71. The molecule has 0 saturated carbocycles. The van der Waals surface area contributed by atoms with E-state index in [0.29, 0.717) is 21.9 Å². The molecule has 0 aliphatic carbocycles. The minimum Gasteiger partial charge on any atom is -0.464 e. The molecule has 0 bridgehead atoms. The Morgan fingerprint density at radius 2 is 1.75 bits per heavy atom. The smallest absolute Gasteiger partial charge is 0.360 e. The fraction of sp³-hybridized carbons (Fsp3) is 0.250. The molecule has 0 heterocycles. The molecule has 0 aliphatic rings. The molecule has 0 aromatic heterocycles. The van der Waals surface area contributed by atoms with Crippen LogP contribution in [0.25, 0.3) is 0 Å². The lowest BCUT2D eigenvalue weighted by Crippen LogP contribution is -2.19. The number of esters is 1. The van der Waals surface area contributed by atoms with Gasteiger partial charge in [-0.05, 0) is 6.07 Å². The van der Waals surface area contributed by atoms with Gasteiger partial charge in [-0.15, -0.1) is 0 Å². The Hall–Kier alpha value is -2.90. The zero-order valence-electron chi connectivity index (χ0n) is 15.8. The maximum atomic E-state index is 12.1. The molecule has 0 atom stereocenters. The van der Waals surface area contributed by atoms with E-state index in [2.05, 4.69) is 10.3 Å². The predicted molar refractivity (Wildman–Crippen MR) is 107 cm³/mol. The van der Waals surface area contributed by atoms with E-state index in [1.165, 1.54) is 14.2 Å². The minimum atomic E-state index is -0.654. The van der Waals surface area contributed by atoms with Gasteiger partial charge in [-0.3, -0.25) is 0 Å². The molecule has 7 nitrogen and oxygen atoms in total. The predicted octanol–water partition coefficient (Wildman–Crippen LogP) is 3.43. The van der Waals surface area contributed by atoms with E-state index in [9.17, 15) is 4.79 Å². The van der Waals surface area contributed by atoms with Crippen molar-refractivity contribution in [2.45, 2.75) is 6.61 Å². The van der Waals surface area contributed by atoms with Gasteiger partial charge in [0.05, 0.1) is 13.7 Å². The van der Waals surface area contributed by atoms with Crippen molar-refractivity contribution < 1.29 is 23.9 Å².